The molecule has 1 heterocycles. The van der Waals surface area contributed by atoms with E-state index in [1.807, 2.05) is 0 Å². The first-order valence-corrected chi connectivity index (χ1v) is 6.86. The molecule has 16 heavy (non-hydrogen) atoms. The predicted octanol–water partition coefficient (Wildman–Crippen LogP) is 1.61. The van der Waals surface area contributed by atoms with E-state index in [0.29, 0.717) is 0 Å². The number of sulfonamides is 1. The van der Waals surface area contributed by atoms with Gasteiger partial charge >= 0.3 is 0 Å². The van der Waals surface area contributed by atoms with E-state index >= 15 is 0 Å². The Kier molecular flexibility index (Phi) is 3.83. The molecule has 0 atom stereocenters. The van der Waals surface area contributed by atoms with E-state index in [1.165, 1.54) is 6.07 Å². The molecule has 0 amide bonds. The number of furan rings is 1. The SMILES string of the molecule is CC(C)(C)NS(=O)(=O)c1cc(CO)oc1Br. The molecular formula is C9H14BrNO4S. The molecule has 92 valence electrons. The van der Waals surface area contributed by atoms with Crippen LogP contribution in [0.4, 0.5) is 0 Å². The maximum absolute atomic E-state index is 11.9. The minimum absolute atomic E-state index is 0.00789. The van der Waals surface area contributed by atoms with E-state index in [-0.39, 0.29) is 21.9 Å². The zero-order valence-corrected chi connectivity index (χ0v) is 11.6. The fourth-order valence-electron chi connectivity index (χ4n) is 1.12. The number of aliphatic hydroxyl groups excluding tert-OH is 1. The Balaban J connectivity index is 3.12. The Morgan fingerprint density at radius 3 is 2.44 bits per heavy atom. The maximum atomic E-state index is 11.9. The minimum Gasteiger partial charge on any atom is -0.450 e. The van der Waals surface area contributed by atoms with Crippen molar-refractivity contribution in [3.05, 3.63) is 16.5 Å². The van der Waals surface area contributed by atoms with Crippen molar-refractivity contribution in [1.29, 1.82) is 0 Å². The lowest BCUT2D eigenvalue weighted by molar-refractivity contribution is 0.245. The molecule has 0 bridgehead atoms. The Morgan fingerprint density at radius 1 is 1.50 bits per heavy atom. The quantitative estimate of drug-likeness (QED) is 0.889. The average molecular weight is 312 g/mol. The van der Waals surface area contributed by atoms with Gasteiger partial charge in [0.2, 0.25) is 10.0 Å². The van der Waals surface area contributed by atoms with E-state index in [4.69, 9.17) is 9.52 Å². The van der Waals surface area contributed by atoms with Crippen LogP contribution in [0.1, 0.15) is 26.5 Å². The summed E-state index contributed by atoms with van der Waals surface area (Å²) in [6.07, 6.45) is 0. The summed E-state index contributed by atoms with van der Waals surface area (Å²) in [7, 11) is -3.64. The summed E-state index contributed by atoms with van der Waals surface area (Å²) in [6, 6.07) is 1.29. The number of halogens is 1. The molecule has 1 aromatic rings. The first-order chi connectivity index (χ1) is 7.15. The van der Waals surface area contributed by atoms with Crippen LogP contribution >= 0.6 is 15.9 Å². The van der Waals surface area contributed by atoms with Gasteiger partial charge in [-0.2, -0.15) is 0 Å². The van der Waals surface area contributed by atoms with Crippen LogP contribution in [0, 0.1) is 0 Å². The van der Waals surface area contributed by atoms with E-state index < -0.39 is 15.6 Å². The van der Waals surface area contributed by atoms with Crippen LogP contribution in [0.5, 0.6) is 0 Å². The zero-order valence-electron chi connectivity index (χ0n) is 9.24. The topological polar surface area (TPSA) is 79.5 Å². The molecule has 0 saturated carbocycles. The molecule has 0 aliphatic heterocycles. The van der Waals surface area contributed by atoms with Crippen molar-refractivity contribution < 1.29 is 17.9 Å². The summed E-state index contributed by atoms with van der Waals surface area (Å²) in [5.74, 6) is 0.196. The minimum atomic E-state index is -3.64. The molecule has 1 rings (SSSR count). The average Bonchev–Trinajstić information content (AvgIpc) is 2.43. The number of rotatable bonds is 3. The zero-order chi connectivity index (χ0) is 12.6. The summed E-state index contributed by atoms with van der Waals surface area (Å²) in [4.78, 5) is -0.00789. The van der Waals surface area contributed by atoms with Crippen LogP contribution in [0.3, 0.4) is 0 Å². The van der Waals surface area contributed by atoms with Gasteiger partial charge < -0.3 is 9.52 Å². The van der Waals surface area contributed by atoms with E-state index in [2.05, 4.69) is 20.7 Å². The highest BCUT2D eigenvalue weighted by Gasteiger charge is 2.26. The lowest BCUT2D eigenvalue weighted by Gasteiger charge is -2.19. The van der Waals surface area contributed by atoms with Gasteiger partial charge in [-0.1, -0.05) is 0 Å². The van der Waals surface area contributed by atoms with Gasteiger partial charge in [0.25, 0.3) is 0 Å². The van der Waals surface area contributed by atoms with Crippen molar-refractivity contribution >= 4 is 26.0 Å². The van der Waals surface area contributed by atoms with Gasteiger partial charge in [-0.15, -0.1) is 0 Å². The molecule has 2 N–H and O–H groups in total. The molecule has 0 radical (unpaired) electrons. The van der Waals surface area contributed by atoms with Crippen molar-refractivity contribution in [3.63, 3.8) is 0 Å². The molecule has 0 unspecified atom stereocenters. The first kappa shape index (κ1) is 13.7. The number of aliphatic hydroxyl groups is 1. The molecule has 7 heteroatoms. The molecular weight excluding hydrogens is 298 g/mol. The molecule has 0 aliphatic rings. The van der Waals surface area contributed by atoms with Crippen LogP contribution in [0.2, 0.25) is 0 Å². The van der Waals surface area contributed by atoms with Crippen LogP contribution in [0.15, 0.2) is 20.0 Å². The predicted molar refractivity (Wildman–Crippen MR) is 62.4 cm³/mol. The molecule has 0 spiro atoms. The summed E-state index contributed by atoms with van der Waals surface area (Å²) >= 11 is 3.00. The van der Waals surface area contributed by atoms with Crippen LogP contribution in [-0.4, -0.2) is 19.1 Å². The highest BCUT2D eigenvalue weighted by Crippen LogP contribution is 2.26. The second kappa shape index (κ2) is 4.48. The number of nitrogens with one attached hydrogen (secondary N) is 1. The largest absolute Gasteiger partial charge is 0.450 e. The summed E-state index contributed by atoms with van der Waals surface area (Å²) in [6.45, 7) is 4.88. The lowest BCUT2D eigenvalue weighted by atomic mass is 10.1. The third-order valence-electron chi connectivity index (χ3n) is 1.59. The van der Waals surface area contributed by atoms with Crippen LogP contribution < -0.4 is 4.72 Å². The number of hydrogen-bond acceptors (Lipinski definition) is 4. The van der Waals surface area contributed by atoms with Crippen molar-refractivity contribution in [3.8, 4) is 0 Å². The Bertz CT molecular complexity index is 472. The van der Waals surface area contributed by atoms with Gasteiger partial charge in [-0.25, -0.2) is 13.1 Å². The summed E-state index contributed by atoms with van der Waals surface area (Å²) in [5, 5.41) is 8.84. The van der Waals surface area contributed by atoms with E-state index in [1.54, 1.807) is 20.8 Å². The normalized spacial score (nSPS) is 13.1. The Labute approximate surface area is 103 Å². The molecule has 0 aromatic carbocycles. The number of hydrogen-bond donors (Lipinski definition) is 2. The molecule has 0 aliphatic carbocycles. The monoisotopic (exact) mass is 311 g/mol. The molecule has 0 saturated heterocycles. The lowest BCUT2D eigenvalue weighted by Crippen LogP contribution is -2.40. The summed E-state index contributed by atoms with van der Waals surface area (Å²) in [5.41, 5.74) is -0.574. The second-order valence-corrected chi connectivity index (χ2v) is 6.74. The fraction of sp³-hybridized carbons (Fsp3) is 0.556. The van der Waals surface area contributed by atoms with Gasteiger partial charge in [0.05, 0.1) is 0 Å². The van der Waals surface area contributed by atoms with Crippen LogP contribution in [-0.2, 0) is 16.6 Å². The molecule has 0 fully saturated rings. The third-order valence-corrected chi connectivity index (χ3v) is 4.21. The smallest absolute Gasteiger partial charge is 0.245 e. The third kappa shape index (κ3) is 3.31. The molecule has 5 nitrogen and oxygen atoms in total. The fourth-order valence-corrected chi connectivity index (χ4v) is 3.53. The Hall–Kier alpha value is -0.370. The summed E-state index contributed by atoms with van der Waals surface area (Å²) < 4.78 is 31.4. The van der Waals surface area contributed by atoms with Gasteiger partial charge in [-0.05, 0) is 36.7 Å². The van der Waals surface area contributed by atoms with Gasteiger partial charge in [0.15, 0.2) is 4.67 Å². The van der Waals surface area contributed by atoms with E-state index in [0.717, 1.165) is 0 Å². The van der Waals surface area contributed by atoms with E-state index in [9.17, 15) is 8.42 Å². The highest BCUT2D eigenvalue weighted by atomic mass is 79.9. The first-order valence-electron chi connectivity index (χ1n) is 4.59. The van der Waals surface area contributed by atoms with Crippen LogP contribution in [0.25, 0.3) is 0 Å². The Morgan fingerprint density at radius 2 is 2.06 bits per heavy atom. The van der Waals surface area contributed by atoms with Gasteiger partial charge in [0.1, 0.15) is 17.3 Å². The maximum Gasteiger partial charge on any atom is 0.245 e. The van der Waals surface area contributed by atoms with Gasteiger partial charge in [-0.3, -0.25) is 0 Å². The van der Waals surface area contributed by atoms with Crippen molar-refractivity contribution in [2.75, 3.05) is 0 Å². The standard InChI is InChI=1S/C9H14BrNO4S/c1-9(2,3)11-16(13,14)7-4-6(5-12)15-8(7)10/h4,11-12H,5H2,1-3H3. The van der Waals surface area contributed by atoms with Crippen molar-refractivity contribution in [1.82, 2.24) is 4.72 Å². The van der Waals surface area contributed by atoms with Crippen molar-refractivity contribution in [2.24, 2.45) is 0 Å². The highest BCUT2D eigenvalue weighted by molar-refractivity contribution is 9.10. The van der Waals surface area contributed by atoms with Gasteiger partial charge in [0, 0.05) is 11.6 Å². The molecule has 1 aromatic heterocycles. The second-order valence-electron chi connectivity index (χ2n) is 4.36. The van der Waals surface area contributed by atoms with Crippen molar-refractivity contribution in [2.45, 2.75) is 37.8 Å².